The van der Waals surface area contributed by atoms with E-state index < -0.39 is 32.5 Å². The molecule has 0 bridgehead atoms. The predicted octanol–water partition coefficient (Wildman–Crippen LogP) is 2.51. The lowest BCUT2D eigenvalue weighted by Crippen LogP contribution is -2.46. The Morgan fingerprint density at radius 1 is 0.833 bits per heavy atom. The summed E-state index contributed by atoms with van der Waals surface area (Å²) in [5, 5.41) is 2.69. The molecule has 42 heavy (non-hydrogen) atoms. The van der Waals surface area contributed by atoms with Crippen LogP contribution in [0.3, 0.4) is 0 Å². The van der Waals surface area contributed by atoms with Crippen molar-refractivity contribution in [3.05, 3.63) is 78.4 Å². The number of benzene rings is 3. The lowest BCUT2D eigenvalue weighted by atomic mass is 10.1. The zero-order valence-electron chi connectivity index (χ0n) is 23.9. The quantitative estimate of drug-likeness (QED) is 0.329. The number of carbonyl (C=O) groups excluding carboxylic acids is 1. The molecule has 1 N–H and O–H groups in total. The fraction of sp³-hybridized carbons (Fsp3) is 0.345. The van der Waals surface area contributed by atoms with Gasteiger partial charge in [0.25, 0.3) is 0 Å². The molecule has 0 unspecified atom stereocenters. The average Bonchev–Trinajstić information content (AvgIpc) is 2.99. The number of anilines is 1. The third-order valence-electron chi connectivity index (χ3n) is 7.04. The van der Waals surface area contributed by atoms with Crippen molar-refractivity contribution in [2.45, 2.75) is 16.2 Å². The summed E-state index contributed by atoms with van der Waals surface area (Å²) in [6.45, 7) is 1.72. The van der Waals surface area contributed by atoms with Gasteiger partial charge in [-0.1, -0.05) is 30.3 Å². The third kappa shape index (κ3) is 7.47. The second-order valence-corrected chi connectivity index (χ2v) is 13.7. The third-order valence-corrected chi connectivity index (χ3v) is 10.8. The van der Waals surface area contributed by atoms with Gasteiger partial charge >= 0.3 is 0 Å². The van der Waals surface area contributed by atoms with E-state index in [4.69, 9.17) is 9.47 Å². The maximum absolute atomic E-state index is 13.7. The number of methoxy groups -OCH3 is 2. The van der Waals surface area contributed by atoms with Crippen molar-refractivity contribution < 1.29 is 31.1 Å². The lowest BCUT2D eigenvalue weighted by Gasteiger charge is -2.31. The van der Waals surface area contributed by atoms with Crippen molar-refractivity contribution in [1.82, 2.24) is 13.5 Å². The highest BCUT2D eigenvalue weighted by Gasteiger charge is 2.29. The van der Waals surface area contributed by atoms with Crippen molar-refractivity contribution in [3.63, 3.8) is 0 Å². The molecule has 0 atom stereocenters. The van der Waals surface area contributed by atoms with Crippen molar-refractivity contribution in [1.29, 1.82) is 0 Å². The molecule has 0 radical (unpaired) electrons. The van der Waals surface area contributed by atoms with Gasteiger partial charge in [0.2, 0.25) is 26.0 Å². The summed E-state index contributed by atoms with van der Waals surface area (Å²) in [6.07, 6.45) is 0.388. The van der Waals surface area contributed by atoms with E-state index in [-0.39, 0.29) is 22.1 Å². The van der Waals surface area contributed by atoms with Gasteiger partial charge in [0.05, 0.1) is 30.6 Å². The van der Waals surface area contributed by atoms with Crippen molar-refractivity contribution in [2.75, 3.05) is 65.9 Å². The van der Waals surface area contributed by atoms with E-state index in [0.717, 1.165) is 9.87 Å². The zero-order chi connectivity index (χ0) is 30.3. The molecule has 13 heteroatoms. The minimum absolute atomic E-state index is 0.0422. The van der Waals surface area contributed by atoms with Crippen LogP contribution in [0.25, 0.3) is 0 Å². The molecule has 4 rings (SSSR count). The number of nitrogens with one attached hydrogen (secondary N) is 1. The second-order valence-electron chi connectivity index (χ2n) is 9.87. The van der Waals surface area contributed by atoms with E-state index >= 15 is 0 Å². The van der Waals surface area contributed by atoms with Gasteiger partial charge in [-0.2, -0.15) is 8.61 Å². The normalized spacial score (nSPS) is 15.0. The summed E-state index contributed by atoms with van der Waals surface area (Å²) < 4.78 is 66.5. The van der Waals surface area contributed by atoms with Gasteiger partial charge in [-0.15, -0.1) is 0 Å². The molecule has 0 aliphatic carbocycles. The van der Waals surface area contributed by atoms with E-state index in [1.54, 1.807) is 0 Å². The Bertz CT molecular complexity index is 1570. The molecular formula is C29H36N4O7S2. The summed E-state index contributed by atoms with van der Waals surface area (Å²) >= 11 is 0. The number of piperazine rings is 1. The summed E-state index contributed by atoms with van der Waals surface area (Å²) in [4.78, 5) is 15.3. The molecular weight excluding hydrogens is 580 g/mol. The van der Waals surface area contributed by atoms with E-state index in [0.29, 0.717) is 44.0 Å². The van der Waals surface area contributed by atoms with Crippen molar-refractivity contribution in [3.8, 4) is 11.5 Å². The summed E-state index contributed by atoms with van der Waals surface area (Å²) in [5.41, 5.74) is 1.27. The van der Waals surface area contributed by atoms with E-state index in [9.17, 15) is 21.6 Å². The van der Waals surface area contributed by atoms with Crippen molar-refractivity contribution >= 4 is 31.6 Å². The molecule has 1 saturated heterocycles. The highest BCUT2D eigenvalue weighted by atomic mass is 32.2. The number of ether oxygens (including phenoxy) is 2. The molecule has 0 spiro atoms. The first kappa shape index (κ1) is 31.4. The summed E-state index contributed by atoms with van der Waals surface area (Å²) in [5.74, 6) is 0.0579. The molecule has 1 aliphatic heterocycles. The van der Waals surface area contributed by atoms with Crippen LogP contribution in [0.5, 0.6) is 11.5 Å². The first-order chi connectivity index (χ1) is 20.0. The number of carbonyl (C=O) groups is 1. The van der Waals surface area contributed by atoms with Crippen molar-refractivity contribution in [2.24, 2.45) is 0 Å². The van der Waals surface area contributed by atoms with Crippen LogP contribution in [0.2, 0.25) is 0 Å². The monoisotopic (exact) mass is 616 g/mol. The molecule has 0 aromatic heterocycles. The number of hydrogen-bond donors (Lipinski definition) is 1. The predicted molar refractivity (Wildman–Crippen MR) is 160 cm³/mol. The Morgan fingerprint density at radius 3 is 2.07 bits per heavy atom. The molecule has 1 heterocycles. The number of nitrogens with zero attached hydrogens (tertiary/aromatic N) is 3. The molecule has 0 saturated carbocycles. The Kier molecular flexibility index (Phi) is 10.2. The van der Waals surface area contributed by atoms with Gasteiger partial charge in [0, 0.05) is 44.5 Å². The van der Waals surface area contributed by atoms with Gasteiger partial charge in [0.1, 0.15) is 0 Å². The Labute approximate surface area is 247 Å². The zero-order valence-corrected chi connectivity index (χ0v) is 25.5. The molecule has 11 nitrogen and oxygen atoms in total. The number of hydrogen-bond acceptors (Lipinski definition) is 8. The molecule has 3 aromatic rings. The fourth-order valence-corrected chi connectivity index (χ4v) is 7.39. The van der Waals surface area contributed by atoms with Crippen LogP contribution in [-0.4, -0.2) is 96.8 Å². The van der Waals surface area contributed by atoms with E-state index in [1.165, 1.54) is 61.0 Å². The van der Waals surface area contributed by atoms with Crippen LogP contribution >= 0.6 is 0 Å². The van der Waals surface area contributed by atoms with Crippen LogP contribution in [-0.2, 0) is 31.3 Å². The van der Waals surface area contributed by atoms with Crippen LogP contribution in [0.15, 0.2) is 82.6 Å². The van der Waals surface area contributed by atoms with Crippen LogP contribution < -0.4 is 14.8 Å². The Balaban J connectivity index is 1.51. The maximum atomic E-state index is 13.7. The maximum Gasteiger partial charge on any atom is 0.243 e. The Morgan fingerprint density at radius 2 is 1.45 bits per heavy atom. The van der Waals surface area contributed by atoms with E-state index in [1.807, 2.05) is 37.4 Å². The number of amides is 1. The molecule has 1 amide bonds. The highest BCUT2D eigenvalue weighted by molar-refractivity contribution is 7.89. The van der Waals surface area contributed by atoms with Gasteiger partial charge in [-0.3, -0.25) is 4.79 Å². The molecule has 1 fully saturated rings. The standard InChI is InChI=1S/C29H36N4O7S2/c1-31-17-19-32(20-18-31)41(35,36)25-11-9-24(10-12-25)30-29(34)22-33(16-15-23-7-5-4-6-8-23)42(37,38)26-13-14-27(39-2)28(21-26)40-3/h4-14,21H,15-20,22H2,1-3H3,(H,30,34). The van der Waals surface area contributed by atoms with Crippen LogP contribution in [0, 0.1) is 0 Å². The number of likely N-dealkylation sites (N-methyl/N-ethyl adjacent to an activating group) is 1. The van der Waals surface area contributed by atoms with Gasteiger partial charge in [-0.05, 0) is 55.4 Å². The van der Waals surface area contributed by atoms with Gasteiger partial charge < -0.3 is 19.7 Å². The topological polar surface area (TPSA) is 126 Å². The first-order valence-electron chi connectivity index (χ1n) is 13.4. The SMILES string of the molecule is COc1ccc(S(=O)(=O)N(CCc2ccccc2)CC(=O)Nc2ccc(S(=O)(=O)N3CCN(C)CC3)cc2)cc1OC. The minimum Gasteiger partial charge on any atom is -0.493 e. The summed E-state index contributed by atoms with van der Waals surface area (Å²) in [6, 6.07) is 19.5. The van der Waals surface area contributed by atoms with Crippen LogP contribution in [0.1, 0.15) is 5.56 Å². The largest absolute Gasteiger partial charge is 0.493 e. The molecule has 226 valence electrons. The van der Waals surface area contributed by atoms with E-state index in [2.05, 4.69) is 10.2 Å². The molecule has 1 aliphatic rings. The van der Waals surface area contributed by atoms with Gasteiger partial charge in [-0.25, -0.2) is 16.8 Å². The van der Waals surface area contributed by atoms with Crippen LogP contribution in [0.4, 0.5) is 5.69 Å². The highest BCUT2D eigenvalue weighted by Crippen LogP contribution is 2.31. The number of sulfonamides is 2. The first-order valence-corrected chi connectivity index (χ1v) is 16.3. The second kappa shape index (κ2) is 13.7. The van der Waals surface area contributed by atoms with Gasteiger partial charge in [0.15, 0.2) is 11.5 Å². The summed E-state index contributed by atoms with van der Waals surface area (Å²) in [7, 11) is -2.95. The number of rotatable bonds is 12. The Hall–Kier alpha value is -3.49. The minimum atomic E-state index is -4.11. The smallest absolute Gasteiger partial charge is 0.243 e. The molecule has 3 aromatic carbocycles. The fourth-order valence-electron chi connectivity index (χ4n) is 4.56. The lowest BCUT2D eigenvalue weighted by molar-refractivity contribution is -0.116. The average molecular weight is 617 g/mol.